The number of hydrogen-bond acceptors (Lipinski definition) is 2. The van der Waals surface area contributed by atoms with E-state index >= 15 is 0 Å². The van der Waals surface area contributed by atoms with E-state index in [0.717, 1.165) is 12.8 Å². The molecule has 0 amide bonds. The third kappa shape index (κ3) is 2.75. The van der Waals surface area contributed by atoms with Crippen LogP contribution in [-0.4, -0.2) is 5.78 Å². The zero-order valence-corrected chi connectivity index (χ0v) is 13.8. The summed E-state index contributed by atoms with van der Waals surface area (Å²) in [5, 5.41) is 9.77. The smallest absolute Gasteiger partial charge is 0.158 e. The minimum absolute atomic E-state index is 0.128. The van der Waals surface area contributed by atoms with Gasteiger partial charge in [0.05, 0.1) is 6.07 Å². The summed E-state index contributed by atoms with van der Waals surface area (Å²) < 4.78 is 0. The molecule has 1 fully saturated rings. The molecule has 2 nitrogen and oxygen atoms in total. The summed E-state index contributed by atoms with van der Waals surface area (Å²) in [6.07, 6.45) is 3.10. The average Bonchev–Trinajstić information content (AvgIpc) is 2.39. The molecule has 0 saturated heterocycles. The van der Waals surface area contributed by atoms with Crippen LogP contribution in [0.1, 0.15) is 55.4 Å². The maximum absolute atomic E-state index is 12.9. The molecular formula is C19H25NO. The van der Waals surface area contributed by atoms with Crippen molar-refractivity contribution in [1.29, 1.82) is 5.26 Å². The van der Waals surface area contributed by atoms with E-state index in [4.69, 9.17) is 0 Å². The Hall–Kier alpha value is -1.62. The molecule has 1 unspecified atom stereocenters. The van der Waals surface area contributed by atoms with Crippen LogP contribution in [-0.2, 0) is 11.2 Å². The molecule has 0 bridgehead atoms. The number of hydrogen-bond donors (Lipinski definition) is 0. The van der Waals surface area contributed by atoms with Gasteiger partial charge in [0.2, 0.25) is 0 Å². The highest BCUT2D eigenvalue weighted by atomic mass is 16.1. The second-order valence-electron chi connectivity index (χ2n) is 7.31. The lowest BCUT2D eigenvalue weighted by molar-refractivity contribution is -0.138. The van der Waals surface area contributed by atoms with E-state index < -0.39 is 5.41 Å². The van der Waals surface area contributed by atoms with Gasteiger partial charge in [0.15, 0.2) is 5.78 Å². The second-order valence-corrected chi connectivity index (χ2v) is 7.31. The Morgan fingerprint density at radius 2 is 1.71 bits per heavy atom. The number of nitrogens with zero attached hydrogens (tertiary/aromatic N) is 1. The first-order valence-electron chi connectivity index (χ1n) is 7.75. The van der Waals surface area contributed by atoms with Gasteiger partial charge in [-0.25, -0.2) is 0 Å². The lowest BCUT2D eigenvalue weighted by Gasteiger charge is -2.39. The summed E-state index contributed by atoms with van der Waals surface area (Å²) in [5.41, 5.74) is 3.58. The van der Waals surface area contributed by atoms with Crippen molar-refractivity contribution in [2.24, 2.45) is 10.8 Å². The number of benzene rings is 1. The number of Topliss-reactive ketones (excluding diaryl/α,β-unsaturated/α-hetero) is 1. The molecule has 2 heteroatoms. The summed E-state index contributed by atoms with van der Waals surface area (Å²) >= 11 is 0. The van der Waals surface area contributed by atoms with Gasteiger partial charge in [-0.1, -0.05) is 38.0 Å². The zero-order valence-electron chi connectivity index (χ0n) is 13.8. The van der Waals surface area contributed by atoms with Gasteiger partial charge in [-0.2, -0.15) is 5.26 Å². The van der Waals surface area contributed by atoms with Gasteiger partial charge in [-0.05, 0) is 56.7 Å². The largest absolute Gasteiger partial charge is 0.297 e. The van der Waals surface area contributed by atoms with Crippen molar-refractivity contribution in [3.05, 3.63) is 34.4 Å². The molecule has 0 N–H and O–H groups in total. The van der Waals surface area contributed by atoms with E-state index in [-0.39, 0.29) is 11.2 Å². The highest BCUT2D eigenvalue weighted by Gasteiger charge is 2.49. The first-order chi connectivity index (χ1) is 9.72. The van der Waals surface area contributed by atoms with Crippen molar-refractivity contribution in [3.63, 3.8) is 0 Å². The van der Waals surface area contributed by atoms with Crippen molar-refractivity contribution < 1.29 is 4.79 Å². The van der Waals surface area contributed by atoms with Crippen LogP contribution in [0, 0.1) is 42.9 Å². The number of ketones is 1. The number of aryl methyl sites for hydroxylation is 3. The Kier molecular flexibility index (Phi) is 3.97. The second kappa shape index (κ2) is 5.30. The fourth-order valence-electron chi connectivity index (χ4n) is 3.81. The maximum Gasteiger partial charge on any atom is 0.158 e. The predicted molar refractivity (Wildman–Crippen MR) is 85.0 cm³/mol. The van der Waals surface area contributed by atoms with Gasteiger partial charge in [0, 0.05) is 5.41 Å². The predicted octanol–water partition coefficient (Wildman–Crippen LogP) is 4.44. The molecule has 0 heterocycles. The highest BCUT2D eigenvalue weighted by Crippen LogP contribution is 2.45. The third-order valence-corrected chi connectivity index (χ3v) is 4.99. The summed E-state index contributed by atoms with van der Waals surface area (Å²) in [7, 11) is 0. The SMILES string of the molecule is Cc1cc(C)c(CC2(C#N)CCCC(C)(C)C2=O)c(C)c1. The third-order valence-electron chi connectivity index (χ3n) is 4.99. The van der Waals surface area contributed by atoms with Crippen molar-refractivity contribution in [1.82, 2.24) is 0 Å². The fourth-order valence-corrected chi connectivity index (χ4v) is 3.81. The van der Waals surface area contributed by atoms with Gasteiger partial charge in [-0.3, -0.25) is 4.79 Å². The van der Waals surface area contributed by atoms with Crippen molar-refractivity contribution in [3.8, 4) is 6.07 Å². The first-order valence-corrected chi connectivity index (χ1v) is 7.75. The quantitative estimate of drug-likeness (QED) is 0.805. The summed E-state index contributed by atoms with van der Waals surface area (Å²) in [6, 6.07) is 6.68. The van der Waals surface area contributed by atoms with E-state index in [2.05, 4.69) is 39.0 Å². The van der Waals surface area contributed by atoms with E-state index in [1.165, 1.54) is 22.3 Å². The minimum atomic E-state index is -0.841. The summed E-state index contributed by atoms with van der Waals surface area (Å²) in [4.78, 5) is 12.9. The van der Waals surface area contributed by atoms with Gasteiger partial charge in [0.1, 0.15) is 5.41 Å². The Labute approximate surface area is 128 Å². The van der Waals surface area contributed by atoms with Crippen molar-refractivity contribution in [2.45, 2.75) is 60.3 Å². The van der Waals surface area contributed by atoms with Gasteiger partial charge in [0.25, 0.3) is 0 Å². The Morgan fingerprint density at radius 1 is 1.14 bits per heavy atom. The molecule has 1 aliphatic carbocycles. The van der Waals surface area contributed by atoms with Crippen LogP contribution in [0.2, 0.25) is 0 Å². The molecule has 1 aromatic rings. The molecule has 0 radical (unpaired) electrons. The summed E-state index contributed by atoms with van der Waals surface area (Å²) in [5.74, 6) is 0.128. The van der Waals surface area contributed by atoms with Gasteiger partial charge >= 0.3 is 0 Å². The molecular weight excluding hydrogens is 258 g/mol. The monoisotopic (exact) mass is 283 g/mol. The molecule has 112 valence electrons. The lowest BCUT2D eigenvalue weighted by atomic mass is 9.60. The molecule has 0 aromatic heterocycles. The molecule has 0 spiro atoms. The van der Waals surface area contributed by atoms with E-state index in [9.17, 15) is 10.1 Å². The summed E-state index contributed by atoms with van der Waals surface area (Å²) in [6.45, 7) is 10.2. The van der Waals surface area contributed by atoms with Crippen LogP contribution >= 0.6 is 0 Å². The van der Waals surface area contributed by atoms with E-state index in [1.54, 1.807) is 0 Å². The molecule has 21 heavy (non-hydrogen) atoms. The molecule has 1 aliphatic rings. The molecule has 0 aliphatic heterocycles. The van der Waals surface area contributed by atoms with Crippen LogP contribution in [0.15, 0.2) is 12.1 Å². The zero-order chi connectivity index (χ0) is 15.8. The first kappa shape index (κ1) is 15.8. The fraction of sp³-hybridized carbons (Fsp3) is 0.579. The van der Waals surface area contributed by atoms with Crippen LogP contribution < -0.4 is 0 Å². The van der Waals surface area contributed by atoms with Crippen LogP contribution in [0.5, 0.6) is 0 Å². The normalized spacial score (nSPS) is 24.7. The van der Waals surface area contributed by atoms with Crippen LogP contribution in [0.25, 0.3) is 0 Å². The van der Waals surface area contributed by atoms with Gasteiger partial charge < -0.3 is 0 Å². The Morgan fingerprint density at radius 3 is 2.24 bits per heavy atom. The van der Waals surface area contributed by atoms with Crippen molar-refractivity contribution >= 4 is 5.78 Å². The average molecular weight is 283 g/mol. The number of nitriles is 1. The Balaban J connectivity index is 2.45. The van der Waals surface area contributed by atoms with E-state index in [1.807, 2.05) is 13.8 Å². The molecule has 1 atom stereocenters. The molecule has 1 aromatic carbocycles. The topological polar surface area (TPSA) is 40.9 Å². The van der Waals surface area contributed by atoms with Crippen molar-refractivity contribution in [2.75, 3.05) is 0 Å². The molecule has 2 rings (SSSR count). The lowest BCUT2D eigenvalue weighted by Crippen LogP contribution is -2.45. The van der Waals surface area contributed by atoms with Gasteiger partial charge in [-0.15, -0.1) is 0 Å². The Bertz CT molecular complexity index is 598. The number of rotatable bonds is 2. The number of carbonyl (C=O) groups is 1. The number of carbonyl (C=O) groups excluding carboxylic acids is 1. The maximum atomic E-state index is 12.9. The highest BCUT2D eigenvalue weighted by molar-refractivity contribution is 5.93. The molecule has 1 saturated carbocycles. The van der Waals surface area contributed by atoms with Crippen LogP contribution in [0.4, 0.5) is 0 Å². The standard InChI is InChI=1S/C19H25NO/c1-13-9-14(2)16(15(3)10-13)11-19(12-20)8-6-7-18(4,5)17(19)21/h9-10H,6-8,11H2,1-5H3. The minimum Gasteiger partial charge on any atom is -0.297 e. The van der Waals surface area contributed by atoms with E-state index in [0.29, 0.717) is 12.8 Å². The van der Waals surface area contributed by atoms with Crippen LogP contribution in [0.3, 0.4) is 0 Å².